The lowest BCUT2D eigenvalue weighted by Gasteiger charge is -2.48. The van der Waals surface area contributed by atoms with Gasteiger partial charge in [-0.2, -0.15) is 10.4 Å². The predicted octanol–water partition coefficient (Wildman–Crippen LogP) is 4.98. The Morgan fingerprint density at radius 3 is 2.36 bits per heavy atom. The molecular formula is C35H43N5O4S. The van der Waals surface area contributed by atoms with Gasteiger partial charge in [-0.05, 0) is 87.0 Å². The van der Waals surface area contributed by atoms with Crippen LogP contribution in [0, 0.1) is 29.1 Å². The number of anilines is 1. The first-order valence-corrected chi connectivity index (χ1v) is 17.7. The number of sulfone groups is 1. The summed E-state index contributed by atoms with van der Waals surface area (Å²) in [4.78, 5) is 17.4. The molecule has 45 heavy (non-hydrogen) atoms. The number of piperidine rings is 1. The zero-order valence-electron chi connectivity index (χ0n) is 26.2. The molecule has 1 saturated carbocycles. The number of nitrogens with zero attached hydrogens (tertiary/aromatic N) is 5. The summed E-state index contributed by atoms with van der Waals surface area (Å²) >= 11 is 0. The molecule has 3 fully saturated rings. The van der Waals surface area contributed by atoms with Crippen LogP contribution in [0.15, 0.2) is 76.8 Å². The molecule has 6 rings (SSSR count). The van der Waals surface area contributed by atoms with Crippen LogP contribution in [-0.4, -0.2) is 67.9 Å². The monoisotopic (exact) mass is 629 g/mol. The van der Waals surface area contributed by atoms with E-state index in [4.69, 9.17) is 4.74 Å². The van der Waals surface area contributed by atoms with Crippen LogP contribution in [-0.2, 0) is 31.8 Å². The maximum atomic E-state index is 12.9. The molecule has 2 aromatic carbocycles. The van der Waals surface area contributed by atoms with Gasteiger partial charge in [0.25, 0.3) is 0 Å². The molecule has 3 aromatic rings. The fourth-order valence-corrected chi connectivity index (χ4v) is 9.08. The first-order chi connectivity index (χ1) is 21.7. The van der Waals surface area contributed by atoms with E-state index in [0.717, 1.165) is 76.1 Å². The van der Waals surface area contributed by atoms with Crippen LogP contribution in [0.1, 0.15) is 51.0 Å². The third-order valence-corrected chi connectivity index (χ3v) is 11.9. The predicted molar refractivity (Wildman–Crippen MR) is 171 cm³/mol. The molecule has 9 nitrogen and oxygen atoms in total. The first kappa shape index (κ1) is 31.3. The van der Waals surface area contributed by atoms with Gasteiger partial charge in [-0.15, -0.1) is 0 Å². The molecule has 10 heteroatoms. The molecular weight excluding hydrogens is 586 g/mol. The highest BCUT2D eigenvalue weighted by atomic mass is 32.2. The number of esters is 1. The number of likely N-dealkylation sites (tertiary alicyclic amines) is 1. The van der Waals surface area contributed by atoms with E-state index in [-0.39, 0.29) is 33.8 Å². The van der Waals surface area contributed by atoms with E-state index in [2.05, 4.69) is 33.1 Å². The Hall–Kier alpha value is -3.68. The molecule has 0 N–H and O–H groups in total. The Morgan fingerprint density at radius 2 is 1.73 bits per heavy atom. The molecule has 1 aromatic heterocycles. The van der Waals surface area contributed by atoms with Gasteiger partial charge in [-0.1, -0.05) is 37.3 Å². The number of nitriles is 1. The highest BCUT2D eigenvalue weighted by Crippen LogP contribution is 2.51. The van der Waals surface area contributed by atoms with Gasteiger partial charge in [-0.3, -0.25) is 9.48 Å². The maximum Gasteiger partial charge on any atom is 0.305 e. The van der Waals surface area contributed by atoms with Crippen molar-refractivity contribution in [2.75, 3.05) is 37.6 Å². The van der Waals surface area contributed by atoms with E-state index in [1.54, 1.807) is 25.4 Å². The molecule has 1 unspecified atom stereocenters. The normalized spacial score (nSPS) is 22.8. The Kier molecular flexibility index (Phi) is 9.03. The molecule has 3 atom stereocenters. The van der Waals surface area contributed by atoms with E-state index < -0.39 is 15.3 Å². The molecule has 238 valence electrons. The number of aromatic nitrogens is 2. The Labute approximate surface area is 266 Å². The van der Waals surface area contributed by atoms with Crippen molar-refractivity contribution in [2.45, 2.75) is 66.9 Å². The number of carbonyl (C=O) groups excluding carboxylic acids is 1. The average Bonchev–Trinajstić information content (AvgIpc) is 3.70. The largest absolute Gasteiger partial charge is 0.462 e. The van der Waals surface area contributed by atoms with E-state index in [0.29, 0.717) is 12.3 Å². The summed E-state index contributed by atoms with van der Waals surface area (Å²) in [5.74, 6) is 0.566. The van der Waals surface area contributed by atoms with E-state index in [1.165, 1.54) is 10.7 Å². The number of aryl methyl sites for hydroxylation is 1. The molecule has 3 heterocycles. The lowest BCUT2D eigenvalue weighted by molar-refractivity contribution is -0.151. The summed E-state index contributed by atoms with van der Waals surface area (Å²) < 4.78 is 33.2. The van der Waals surface area contributed by atoms with Crippen molar-refractivity contribution in [1.29, 1.82) is 5.26 Å². The second-order valence-electron chi connectivity index (χ2n) is 12.9. The van der Waals surface area contributed by atoms with E-state index in [9.17, 15) is 18.5 Å². The molecule has 0 amide bonds. The minimum atomic E-state index is -3.63. The van der Waals surface area contributed by atoms with Crippen molar-refractivity contribution in [2.24, 2.45) is 24.8 Å². The Balaban J connectivity index is 1.07. The third kappa shape index (κ3) is 6.12. The maximum absolute atomic E-state index is 12.9. The van der Waals surface area contributed by atoms with Crippen LogP contribution in [0.25, 0.3) is 0 Å². The first-order valence-electron chi connectivity index (χ1n) is 16.2. The number of benzene rings is 2. The second kappa shape index (κ2) is 13.0. The fraction of sp³-hybridized carbons (Fsp3) is 0.514. The van der Waals surface area contributed by atoms with Gasteiger partial charge in [0.1, 0.15) is 6.10 Å². The molecule has 1 aliphatic carbocycles. The van der Waals surface area contributed by atoms with E-state index in [1.807, 2.05) is 37.3 Å². The Bertz CT molecular complexity index is 1620. The highest BCUT2D eigenvalue weighted by Gasteiger charge is 2.53. The SMILES string of the molecule is CCC(=O)O[C@H]1CCC[C@@H]1C(C#N)(c1ccccc1)C1CCN(CC2CN(c3ccc(S(=O)(=O)c4ccn(C)n4)cc3)C2)CC1. The number of hydrogen-bond donors (Lipinski definition) is 0. The minimum Gasteiger partial charge on any atom is -0.462 e. The smallest absolute Gasteiger partial charge is 0.305 e. The number of rotatable bonds is 10. The quantitative estimate of drug-likeness (QED) is 0.289. The number of carbonyl (C=O) groups is 1. The van der Waals surface area contributed by atoms with Gasteiger partial charge >= 0.3 is 5.97 Å². The summed E-state index contributed by atoms with van der Waals surface area (Å²) in [6.07, 6.45) is 6.36. The minimum absolute atomic E-state index is 0.00229. The van der Waals surface area contributed by atoms with Crippen LogP contribution in [0.4, 0.5) is 5.69 Å². The molecule has 0 spiro atoms. The third-order valence-electron chi connectivity index (χ3n) is 10.2. The van der Waals surface area contributed by atoms with Crippen LogP contribution >= 0.6 is 0 Å². The van der Waals surface area contributed by atoms with Crippen molar-refractivity contribution in [3.8, 4) is 6.07 Å². The highest BCUT2D eigenvalue weighted by molar-refractivity contribution is 7.91. The average molecular weight is 630 g/mol. The second-order valence-corrected chi connectivity index (χ2v) is 14.8. The molecule has 0 bridgehead atoms. The summed E-state index contributed by atoms with van der Waals surface area (Å²) in [6, 6.07) is 21.7. The summed E-state index contributed by atoms with van der Waals surface area (Å²) in [5, 5.41) is 15.0. The number of ether oxygens (including phenoxy) is 1. The van der Waals surface area contributed by atoms with Crippen molar-refractivity contribution in [3.63, 3.8) is 0 Å². The lowest BCUT2D eigenvalue weighted by Crippen LogP contribution is -2.54. The fourth-order valence-electron chi connectivity index (χ4n) is 7.87. The van der Waals surface area contributed by atoms with Gasteiger partial charge < -0.3 is 14.5 Å². The molecule has 3 aliphatic rings. The van der Waals surface area contributed by atoms with Crippen molar-refractivity contribution in [3.05, 3.63) is 72.4 Å². The summed E-state index contributed by atoms with van der Waals surface area (Å²) in [7, 11) is -1.93. The topological polar surface area (TPSA) is 109 Å². The van der Waals surface area contributed by atoms with Gasteiger partial charge in [-0.25, -0.2) is 8.42 Å². The van der Waals surface area contributed by atoms with Crippen molar-refractivity contribution < 1.29 is 17.9 Å². The zero-order valence-corrected chi connectivity index (χ0v) is 27.0. The van der Waals surface area contributed by atoms with E-state index >= 15 is 0 Å². The molecule has 0 radical (unpaired) electrons. The standard InChI is InChI=1S/C35H43N5O4S/c1-3-34(41)44-32-11-7-10-31(32)35(25-36,27-8-5-4-6-9-27)28-16-20-39(21-17-28)22-26-23-40(24-26)29-12-14-30(15-13-29)45(42,43)33-18-19-38(2)37-33/h4-6,8-9,12-15,18-19,26,28,31-32H,3,7,10-11,16-17,20-24H2,1-2H3/t31-,32-,35?/m0/s1. The van der Waals surface area contributed by atoms with Crippen LogP contribution in [0.5, 0.6) is 0 Å². The summed E-state index contributed by atoms with van der Waals surface area (Å²) in [6.45, 7) is 6.61. The lowest BCUT2D eigenvalue weighted by atomic mass is 9.59. The molecule has 2 aliphatic heterocycles. The van der Waals surface area contributed by atoms with Gasteiger partial charge in [0.15, 0.2) is 5.03 Å². The Morgan fingerprint density at radius 1 is 1.02 bits per heavy atom. The van der Waals surface area contributed by atoms with Gasteiger partial charge in [0, 0.05) is 56.8 Å². The number of hydrogen-bond acceptors (Lipinski definition) is 8. The molecule has 2 saturated heterocycles. The van der Waals surface area contributed by atoms with Gasteiger partial charge in [0.05, 0.1) is 16.4 Å². The van der Waals surface area contributed by atoms with Crippen LogP contribution in [0.3, 0.4) is 0 Å². The van der Waals surface area contributed by atoms with Gasteiger partial charge in [0.2, 0.25) is 9.84 Å². The van der Waals surface area contributed by atoms with Crippen molar-refractivity contribution in [1.82, 2.24) is 14.7 Å². The zero-order chi connectivity index (χ0) is 31.6. The van der Waals surface area contributed by atoms with Crippen LogP contribution < -0.4 is 4.90 Å². The van der Waals surface area contributed by atoms with Crippen molar-refractivity contribution >= 4 is 21.5 Å². The van der Waals surface area contributed by atoms with Crippen LogP contribution in [0.2, 0.25) is 0 Å². The summed E-state index contributed by atoms with van der Waals surface area (Å²) in [5.41, 5.74) is 1.41.